The van der Waals surface area contributed by atoms with Gasteiger partial charge in [0.05, 0.1) is 35.9 Å². The zero-order valence-corrected chi connectivity index (χ0v) is 15.6. The molecule has 0 aliphatic carbocycles. The van der Waals surface area contributed by atoms with Crippen molar-refractivity contribution in [1.29, 1.82) is 0 Å². The monoisotopic (exact) mass is 394 g/mol. The van der Waals surface area contributed by atoms with E-state index in [1.165, 1.54) is 12.3 Å². The van der Waals surface area contributed by atoms with E-state index in [0.717, 1.165) is 12.1 Å². The van der Waals surface area contributed by atoms with E-state index in [1.54, 1.807) is 16.7 Å². The fourth-order valence-corrected chi connectivity index (χ4v) is 2.93. The van der Waals surface area contributed by atoms with Crippen molar-refractivity contribution in [2.75, 3.05) is 25.0 Å². The third-order valence-electron chi connectivity index (χ3n) is 4.48. The molecule has 0 bridgehead atoms. The Balaban J connectivity index is 1.97. The summed E-state index contributed by atoms with van der Waals surface area (Å²) in [4.78, 5) is 18.6. The average Bonchev–Trinajstić information content (AvgIpc) is 3.27. The number of fused-ring (bicyclic) bond motifs is 1. The SMILES string of the molecule is CCN(CC)CC(=O)Nc1nc2cc(C(F)(F)F)ccc2n1Cc1ccco1. The third kappa shape index (κ3) is 4.36. The van der Waals surface area contributed by atoms with Crippen LogP contribution in [0.15, 0.2) is 41.0 Å². The van der Waals surface area contributed by atoms with Crippen molar-refractivity contribution < 1.29 is 22.4 Å². The topological polar surface area (TPSA) is 63.3 Å². The molecule has 0 aliphatic heterocycles. The third-order valence-corrected chi connectivity index (χ3v) is 4.48. The van der Waals surface area contributed by atoms with E-state index in [1.807, 2.05) is 18.7 Å². The van der Waals surface area contributed by atoms with E-state index in [-0.39, 0.29) is 30.5 Å². The molecule has 1 amide bonds. The number of alkyl halides is 3. The normalized spacial score (nSPS) is 12.1. The minimum Gasteiger partial charge on any atom is -0.467 e. The number of nitrogens with zero attached hydrogens (tertiary/aromatic N) is 3. The van der Waals surface area contributed by atoms with Crippen LogP contribution in [0, 0.1) is 0 Å². The van der Waals surface area contributed by atoms with Crippen LogP contribution in [0.2, 0.25) is 0 Å². The molecule has 0 atom stereocenters. The predicted molar refractivity (Wildman–Crippen MR) is 99.0 cm³/mol. The Kier molecular flexibility index (Phi) is 5.73. The van der Waals surface area contributed by atoms with Gasteiger partial charge in [0.25, 0.3) is 0 Å². The number of furan rings is 1. The molecule has 150 valence electrons. The first-order valence-corrected chi connectivity index (χ1v) is 8.93. The fraction of sp³-hybridized carbons (Fsp3) is 0.368. The van der Waals surface area contributed by atoms with Crippen molar-refractivity contribution >= 4 is 22.9 Å². The van der Waals surface area contributed by atoms with Gasteiger partial charge in [-0.25, -0.2) is 4.98 Å². The lowest BCUT2D eigenvalue weighted by atomic mass is 10.2. The van der Waals surface area contributed by atoms with Gasteiger partial charge in [0.15, 0.2) is 0 Å². The van der Waals surface area contributed by atoms with Crippen molar-refractivity contribution in [2.45, 2.75) is 26.6 Å². The van der Waals surface area contributed by atoms with E-state index >= 15 is 0 Å². The number of halogens is 3. The molecule has 9 heteroatoms. The molecular formula is C19H21F3N4O2. The molecule has 2 aromatic heterocycles. The molecule has 6 nitrogen and oxygen atoms in total. The Morgan fingerprint density at radius 1 is 1.25 bits per heavy atom. The zero-order valence-electron chi connectivity index (χ0n) is 15.6. The maximum atomic E-state index is 13.0. The average molecular weight is 394 g/mol. The van der Waals surface area contributed by atoms with Crippen LogP contribution in [0.3, 0.4) is 0 Å². The summed E-state index contributed by atoms with van der Waals surface area (Å²) in [6.45, 7) is 5.72. The summed E-state index contributed by atoms with van der Waals surface area (Å²) in [6, 6.07) is 6.80. The number of hydrogen-bond acceptors (Lipinski definition) is 4. The molecule has 2 heterocycles. The van der Waals surface area contributed by atoms with Crippen LogP contribution in [0.25, 0.3) is 11.0 Å². The maximum absolute atomic E-state index is 13.0. The number of rotatable bonds is 7. The number of benzene rings is 1. The van der Waals surface area contributed by atoms with Crippen LogP contribution in [-0.2, 0) is 17.5 Å². The standard InChI is InChI=1S/C19H21F3N4O2/c1-3-25(4-2)12-17(27)24-18-23-15-10-13(19(20,21)22)7-8-16(15)26(18)11-14-6-5-9-28-14/h5-10H,3-4,11-12H2,1-2H3,(H,23,24,27). The Labute approximate surface area is 159 Å². The molecule has 0 aliphatic rings. The van der Waals surface area contributed by atoms with Gasteiger partial charge in [0.2, 0.25) is 11.9 Å². The molecule has 1 aromatic carbocycles. The van der Waals surface area contributed by atoms with Gasteiger partial charge in [-0.3, -0.25) is 15.0 Å². The van der Waals surface area contributed by atoms with Crippen LogP contribution in [0.1, 0.15) is 25.2 Å². The van der Waals surface area contributed by atoms with E-state index in [0.29, 0.717) is 24.4 Å². The van der Waals surface area contributed by atoms with Crippen molar-refractivity contribution in [2.24, 2.45) is 0 Å². The second kappa shape index (κ2) is 8.05. The van der Waals surface area contributed by atoms with Crippen LogP contribution >= 0.6 is 0 Å². The van der Waals surface area contributed by atoms with Gasteiger partial charge >= 0.3 is 6.18 Å². The molecule has 28 heavy (non-hydrogen) atoms. The number of hydrogen-bond donors (Lipinski definition) is 1. The van der Waals surface area contributed by atoms with Gasteiger partial charge < -0.3 is 8.98 Å². The van der Waals surface area contributed by atoms with Gasteiger partial charge in [-0.2, -0.15) is 13.2 Å². The summed E-state index contributed by atoms with van der Waals surface area (Å²) in [5, 5.41) is 2.72. The van der Waals surface area contributed by atoms with Gasteiger partial charge in [0.1, 0.15) is 5.76 Å². The van der Waals surface area contributed by atoms with Crippen molar-refractivity contribution in [3.8, 4) is 0 Å². The highest BCUT2D eigenvalue weighted by atomic mass is 19.4. The number of imidazole rings is 1. The molecule has 1 N–H and O–H groups in total. The van der Waals surface area contributed by atoms with Crippen molar-refractivity contribution in [3.05, 3.63) is 47.9 Å². The summed E-state index contributed by atoms with van der Waals surface area (Å²) in [5.74, 6) is 0.497. The van der Waals surface area contributed by atoms with E-state index < -0.39 is 11.7 Å². The Hall–Kier alpha value is -2.81. The molecule has 0 fully saturated rings. The number of carbonyl (C=O) groups excluding carboxylic acids is 1. The summed E-state index contributed by atoms with van der Waals surface area (Å²) in [5.41, 5.74) is -0.161. The Bertz CT molecular complexity index is 944. The van der Waals surface area contributed by atoms with Crippen molar-refractivity contribution in [3.63, 3.8) is 0 Å². The summed E-state index contributed by atoms with van der Waals surface area (Å²) >= 11 is 0. The largest absolute Gasteiger partial charge is 0.467 e. The van der Waals surface area contributed by atoms with Gasteiger partial charge in [-0.1, -0.05) is 13.8 Å². The first-order chi connectivity index (χ1) is 13.3. The summed E-state index contributed by atoms with van der Waals surface area (Å²) < 4.78 is 46.1. The van der Waals surface area contributed by atoms with E-state index in [2.05, 4.69) is 10.3 Å². The number of anilines is 1. The van der Waals surface area contributed by atoms with Crippen molar-refractivity contribution in [1.82, 2.24) is 14.5 Å². The molecule has 0 radical (unpaired) electrons. The number of amides is 1. The molecule has 0 saturated carbocycles. The van der Waals surface area contributed by atoms with E-state index in [9.17, 15) is 18.0 Å². The highest BCUT2D eigenvalue weighted by Crippen LogP contribution is 2.32. The number of carbonyl (C=O) groups is 1. The van der Waals surface area contributed by atoms with Gasteiger partial charge in [0, 0.05) is 0 Å². The lowest BCUT2D eigenvalue weighted by Crippen LogP contribution is -2.33. The number of nitrogens with one attached hydrogen (secondary N) is 1. The number of aromatic nitrogens is 2. The Morgan fingerprint density at radius 3 is 2.61 bits per heavy atom. The first kappa shape index (κ1) is 19.9. The first-order valence-electron chi connectivity index (χ1n) is 8.93. The Morgan fingerprint density at radius 2 is 2.00 bits per heavy atom. The molecule has 3 rings (SSSR count). The number of likely N-dealkylation sites (N-methyl/N-ethyl adjacent to an activating group) is 1. The molecule has 0 unspecified atom stereocenters. The highest BCUT2D eigenvalue weighted by molar-refractivity contribution is 5.93. The van der Waals surface area contributed by atoms with Crippen LogP contribution in [0.4, 0.5) is 19.1 Å². The lowest BCUT2D eigenvalue weighted by molar-refractivity contribution is -0.137. The quantitative estimate of drug-likeness (QED) is 0.659. The fourth-order valence-electron chi connectivity index (χ4n) is 2.93. The summed E-state index contributed by atoms with van der Waals surface area (Å²) in [7, 11) is 0. The van der Waals surface area contributed by atoms with E-state index in [4.69, 9.17) is 4.42 Å². The highest BCUT2D eigenvalue weighted by Gasteiger charge is 2.31. The smallest absolute Gasteiger partial charge is 0.416 e. The summed E-state index contributed by atoms with van der Waals surface area (Å²) in [6.07, 6.45) is -2.96. The predicted octanol–water partition coefficient (Wildman–Crippen LogP) is 3.98. The minimum atomic E-state index is -4.47. The minimum absolute atomic E-state index is 0.152. The van der Waals surface area contributed by atoms with Gasteiger partial charge in [-0.15, -0.1) is 0 Å². The lowest BCUT2D eigenvalue weighted by Gasteiger charge is -2.17. The molecule has 0 spiro atoms. The van der Waals surface area contributed by atoms with Crippen LogP contribution < -0.4 is 5.32 Å². The zero-order chi connectivity index (χ0) is 20.3. The molecule has 3 aromatic rings. The molecule has 0 saturated heterocycles. The van der Waals surface area contributed by atoms with Crippen LogP contribution in [-0.4, -0.2) is 40.0 Å². The van der Waals surface area contributed by atoms with Crippen LogP contribution in [0.5, 0.6) is 0 Å². The van der Waals surface area contributed by atoms with Gasteiger partial charge in [-0.05, 0) is 43.4 Å². The second-order valence-electron chi connectivity index (χ2n) is 6.31. The maximum Gasteiger partial charge on any atom is 0.416 e. The molecular weight excluding hydrogens is 373 g/mol. The second-order valence-corrected chi connectivity index (χ2v) is 6.31.